The number of pyridine rings is 1. The van der Waals surface area contributed by atoms with Crippen LogP contribution in [0.25, 0.3) is 0 Å². The van der Waals surface area contributed by atoms with Gasteiger partial charge in [-0.1, -0.05) is 6.07 Å². The number of hydrogen-bond donors (Lipinski definition) is 0. The van der Waals surface area contributed by atoms with Gasteiger partial charge in [0.2, 0.25) is 0 Å². The number of carbonyl (C=O) groups is 1. The third-order valence-electron chi connectivity index (χ3n) is 1.76. The first-order valence-electron chi connectivity index (χ1n) is 3.95. The Morgan fingerprint density at radius 1 is 1.41 bits per heavy atom. The Morgan fingerprint density at radius 3 is 2.35 bits per heavy atom. The summed E-state index contributed by atoms with van der Waals surface area (Å²) in [5.41, 5.74) is 0.0525. The van der Waals surface area contributed by atoms with Gasteiger partial charge in [-0.2, -0.15) is 0 Å². The molecule has 0 amide bonds. The Hall–Kier alpha value is 0.530. The van der Waals surface area contributed by atoms with E-state index in [2.05, 4.69) is 4.98 Å². The Labute approximate surface area is 143 Å². The minimum absolute atomic E-state index is 0. The van der Waals surface area contributed by atoms with E-state index < -0.39 is 27.8 Å². The average molecular weight is 275 g/mol. The number of carboxylic acid groups (broad SMARTS) is 1. The maximum Gasteiger partial charge on any atom is 1.00 e. The monoisotopic (exact) mass is 275 g/mol. The number of hydrogen-bond acceptors (Lipinski definition) is 6. The van der Waals surface area contributed by atoms with Crippen molar-refractivity contribution in [3.05, 3.63) is 30.1 Å². The molecule has 1 aromatic rings. The third-order valence-corrected chi connectivity index (χ3v) is 2.89. The second-order valence-electron chi connectivity index (χ2n) is 2.84. The third kappa shape index (κ3) is 6.88. The van der Waals surface area contributed by atoms with Crippen molar-refractivity contribution >= 4 is 16.1 Å². The van der Waals surface area contributed by atoms with Crippen LogP contribution < -0.4 is 64.2 Å². The predicted molar refractivity (Wildman–Crippen MR) is 46.3 cm³/mol. The summed E-state index contributed by atoms with van der Waals surface area (Å²) in [7, 11) is -4.72. The Morgan fingerprint density at radius 2 is 2.00 bits per heavy atom. The molecule has 0 N–H and O–H groups in total. The molecular formula is C8H7NNa2O5S. The van der Waals surface area contributed by atoms with Crippen LogP contribution in [-0.2, 0) is 14.9 Å². The van der Waals surface area contributed by atoms with E-state index in [0.29, 0.717) is 0 Å². The molecule has 17 heavy (non-hydrogen) atoms. The molecule has 0 aromatic carbocycles. The second-order valence-corrected chi connectivity index (χ2v) is 4.40. The molecule has 0 spiro atoms. The van der Waals surface area contributed by atoms with Gasteiger partial charge in [0.15, 0.2) is 0 Å². The van der Waals surface area contributed by atoms with Crippen LogP contribution in [0.15, 0.2) is 24.5 Å². The summed E-state index contributed by atoms with van der Waals surface area (Å²) in [4.78, 5) is 13.9. The van der Waals surface area contributed by atoms with Gasteiger partial charge < -0.3 is 14.5 Å². The molecule has 0 fully saturated rings. The van der Waals surface area contributed by atoms with Crippen molar-refractivity contribution in [3.8, 4) is 0 Å². The number of nitrogens with zero attached hydrogens (tertiary/aromatic N) is 1. The van der Waals surface area contributed by atoms with E-state index in [1.165, 1.54) is 18.3 Å². The zero-order chi connectivity index (χ0) is 11.5. The molecule has 6 nitrogen and oxygen atoms in total. The molecular weight excluding hydrogens is 268 g/mol. The number of aliphatic carboxylic acids is 1. The van der Waals surface area contributed by atoms with Gasteiger partial charge in [-0.3, -0.25) is 4.98 Å². The van der Waals surface area contributed by atoms with Crippen LogP contribution in [0.5, 0.6) is 0 Å². The molecule has 0 saturated heterocycles. The first-order valence-corrected chi connectivity index (χ1v) is 5.43. The normalized spacial score (nSPS) is 11.8. The maximum atomic E-state index is 10.8. The van der Waals surface area contributed by atoms with Crippen LogP contribution in [-0.4, -0.2) is 23.9 Å². The van der Waals surface area contributed by atoms with Crippen molar-refractivity contribution in [2.75, 3.05) is 0 Å². The first-order chi connectivity index (χ1) is 6.91. The van der Waals surface area contributed by atoms with Gasteiger partial charge in [0.25, 0.3) is 0 Å². The molecule has 1 rings (SSSR count). The summed E-state index contributed by atoms with van der Waals surface area (Å²) in [6.07, 6.45) is 1.66. The molecule has 9 heteroatoms. The molecule has 0 saturated carbocycles. The summed E-state index contributed by atoms with van der Waals surface area (Å²) < 4.78 is 32.4. The quantitative estimate of drug-likeness (QED) is 0.399. The van der Waals surface area contributed by atoms with Gasteiger partial charge in [0.1, 0.15) is 10.1 Å². The number of aromatic nitrogens is 1. The molecule has 1 atom stereocenters. The van der Waals surface area contributed by atoms with Crippen molar-refractivity contribution in [2.45, 2.75) is 11.7 Å². The molecule has 1 aromatic heterocycles. The van der Waals surface area contributed by atoms with Gasteiger partial charge in [0.05, 0.1) is 5.25 Å². The maximum absolute atomic E-state index is 10.8. The van der Waals surface area contributed by atoms with E-state index in [-0.39, 0.29) is 64.7 Å². The van der Waals surface area contributed by atoms with Crippen LogP contribution in [0.2, 0.25) is 0 Å². The molecule has 0 aliphatic rings. The zero-order valence-corrected chi connectivity index (χ0v) is 14.3. The first kappa shape index (κ1) is 19.9. The van der Waals surface area contributed by atoms with Gasteiger partial charge >= 0.3 is 59.1 Å². The smallest absolute Gasteiger partial charge is 0.747 e. The van der Waals surface area contributed by atoms with E-state index in [9.17, 15) is 22.9 Å². The number of carbonyl (C=O) groups excluding carboxylic acids is 1. The largest absolute Gasteiger partial charge is 1.00 e. The van der Waals surface area contributed by atoms with Crippen LogP contribution >= 0.6 is 0 Å². The number of carboxylic acids is 1. The van der Waals surface area contributed by atoms with Gasteiger partial charge in [-0.25, -0.2) is 8.42 Å². The van der Waals surface area contributed by atoms with Gasteiger partial charge in [-0.15, -0.1) is 0 Å². The van der Waals surface area contributed by atoms with Crippen LogP contribution in [0.4, 0.5) is 0 Å². The summed E-state index contributed by atoms with van der Waals surface area (Å²) in [6.45, 7) is 0. The van der Waals surface area contributed by atoms with Crippen molar-refractivity contribution in [1.82, 2.24) is 4.98 Å². The van der Waals surface area contributed by atoms with Crippen molar-refractivity contribution in [2.24, 2.45) is 0 Å². The Balaban J connectivity index is 0. The summed E-state index contributed by atoms with van der Waals surface area (Å²) in [5, 5.41) is 8.65. The fourth-order valence-corrected chi connectivity index (χ4v) is 1.92. The standard InChI is InChI=1S/C8H9NO5S.2Na/c10-8(11)4-7(15(12,13)14)6-2-1-3-9-5-6;;/h1-3,5,7H,4H2,(H,10,11)(H,12,13,14);;/q;2*+1/p-2. The predicted octanol–water partition coefficient (Wildman–Crippen LogP) is -7.18. The molecule has 0 bridgehead atoms. The van der Waals surface area contributed by atoms with E-state index in [1.54, 1.807) is 0 Å². The number of rotatable bonds is 4. The fourth-order valence-electron chi connectivity index (χ4n) is 1.10. The van der Waals surface area contributed by atoms with Crippen LogP contribution in [0.3, 0.4) is 0 Å². The fraction of sp³-hybridized carbons (Fsp3) is 0.250. The molecule has 0 aliphatic heterocycles. The molecule has 1 unspecified atom stereocenters. The minimum Gasteiger partial charge on any atom is -0.747 e. The van der Waals surface area contributed by atoms with Crippen molar-refractivity contribution < 1.29 is 82.0 Å². The van der Waals surface area contributed by atoms with Crippen molar-refractivity contribution in [1.29, 1.82) is 0 Å². The van der Waals surface area contributed by atoms with Crippen LogP contribution in [0.1, 0.15) is 17.2 Å². The van der Waals surface area contributed by atoms with Crippen LogP contribution in [0, 0.1) is 0 Å². The second kappa shape index (κ2) is 8.60. The van der Waals surface area contributed by atoms with E-state index in [0.717, 1.165) is 6.20 Å². The Bertz CT molecular complexity index is 450. The van der Waals surface area contributed by atoms with Gasteiger partial charge in [-0.05, 0) is 11.6 Å². The summed E-state index contributed by atoms with van der Waals surface area (Å²) >= 11 is 0. The van der Waals surface area contributed by atoms with Gasteiger partial charge in [0, 0.05) is 24.8 Å². The molecule has 0 aliphatic carbocycles. The Kier molecular flexibility index (Phi) is 10.0. The molecule has 82 valence electrons. The summed E-state index contributed by atoms with van der Waals surface area (Å²) in [6, 6.07) is 2.75. The van der Waals surface area contributed by atoms with Crippen molar-refractivity contribution in [3.63, 3.8) is 0 Å². The van der Waals surface area contributed by atoms with E-state index >= 15 is 0 Å². The van der Waals surface area contributed by atoms with E-state index in [1.807, 2.05) is 0 Å². The minimum atomic E-state index is -4.72. The van der Waals surface area contributed by atoms with E-state index in [4.69, 9.17) is 0 Å². The topological polar surface area (TPSA) is 110 Å². The average Bonchev–Trinajstić information content (AvgIpc) is 2.14. The zero-order valence-electron chi connectivity index (χ0n) is 9.49. The molecule has 1 heterocycles. The summed E-state index contributed by atoms with van der Waals surface area (Å²) in [5.74, 6) is -1.59. The SMILES string of the molecule is O=C([O-])CC(c1cccnc1)S(=O)(=O)[O-].[Na+].[Na+]. The molecule has 0 radical (unpaired) electrons.